The van der Waals surface area contributed by atoms with Crippen LogP contribution >= 0.6 is 0 Å². The highest BCUT2D eigenvalue weighted by atomic mass is 14.2. The van der Waals surface area contributed by atoms with Crippen LogP contribution in [-0.2, 0) is 6.42 Å². The van der Waals surface area contributed by atoms with Crippen LogP contribution in [0.15, 0.2) is 12.1 Å². The Morgan fingerprint density at radius 3 is 2.28 bits per heavy atom. The van der Waals surface area contributed by atoms with Crippen LogP contribution in [0.4, 0.5) is 0 Å². The van der Waals surface area contributed by atoms with Crippen molar-refractivity contribution in [2.24, 2.45) is 5.92 Å². The van der Waals surface area contributed by atoms with Gasteiger partial charge in [0, 0.05) is 0 Å². The van der Waals surface area contributed by atoms with Gasteiger partial charge in [-0.2, -0.15) is 0 Å². The van der Waals surface area contributed by atoms with Gasteiger partial charge < -0.3 is 0 Å². The molecule has 0 saturated heterocycles. The van der Waals surface area contributed by atoms with Crippen LogP contribution in [-0.4, -0.2) is 0 Å². The second-order valence-electron chi connectivity index (χ2n) is 6.57. The molecule has 1 saturated carbocycles. The van der Waals surface area contributed by atoms with Crippen molar-refractivity contribution in [1.82, 2.24) is 0 Å². The molecule has 0 heterocycles. The second kappa shape index (κ2) is 5.91. The first-order valence-corrected chi connectivity index (χ1v) is 7.68. The lowest BCUT2D eigenvalue weighted by Crippen LogP contribution is -2.08. The van der Waals surface area contributed by atoms with Gasteiger partial charge in [0.05, 0.1) is 0 Å². The molecule has 2 rings (SSSR count). The van der Waals surface area contributed by atoms with Gasteiger partial charge in [0.15, 0.2) is 0 Å². The Balaban J connectivity index is 2.28. The summed E-state index contributed by atoms with van der Waals surface area (Å²) in [5, 5.41) is 0. The fraction of sp³-hybridized carbons (Fsp3) is 0.667. The minimum atomic E-state index is 0.755. The fourth-order valence-electron chi connectivity index (χ4n) is 3.43. The molecular formula is C18H28. The molecule has 0 bridgehead atoms. The fourth-order valence-corrected chi connectivity index (χ4v) is 3.43. The Bertz CT molecular complexity index is 395. The van der Waals surface area contributed by atoms with Crippen molar-refractivity contribution in [3.05, 3.63) is 34.4 Å². The number of benzene rings is 1. The summed E-state index contributed by atoms with van der Waals surface area (Å²) in [7, 11) is 0. The van der Waals surface area contributed by atoms with Crippen LogP contribution in [0.25, 0.3) is 0 Å². The first-order chi connectivity index (χ1) is 8.58. The highest BCUT2D eigenvalue weighted by Gasteiger charge is 2.18. The molecular weight excluding hydrogens is 216 g/mol. The third-order valence-corrected chi connectivity index (χ3v) is 4.40. The van der Waals surface area contributed by atoms with Crippen molar-refractivity contribution in [2.45, 2.75) is 72.1 Å². The lowest BCUT2D eigenvalue weighted by Gasteiger charge is -2.25. The standard InChI is InChI=1S/C18H28/c1-13(2)10-17-12-18(15(4)11-14(17)3)16-8-6-5-7-9-16/h11-13,16H,5-10H2,1-4H3. The minimum absolute atomic E-state index is 0.755. The average molecular weight is 244 g/mol. The number of aryl methyl sites for hydroxylation is 2. The van der Waals surface area contributed by atoms with Gasteiger partial charge in [0.1, 0.15) is 0 Å². The lowest BCUT2D eigenvalue weighted by atomic mass is 9.80. The van der Waals surface area contributed by atoms with Crippen molar-refractivity contribution in [2.75, 3.05) is 0 Å². The Labute approximate surface area is 113 Å². The van der Waals surface area contributed by atoms with Crippen molar-refractivity contribution < 1.29 is 0 Å². The third-order valence-electron chi connectivity index (χ3n) is 4.40. The van der Waals surface area contributed by atoms with Crippen LogP contribution in [0.3, 0.4) is 0 Å². The van der Waals surface area contributed by atoms with Crippen molar-refractivity contribution in [1.29, 1.82) is 0 Å². The van der Waals surface area contributed by atoms with Crippen molar-refractivity contribution in [3.63, 3.8) is 0 Å². The molecule has 0 N–H and O–H groups in total. The zero-order valence-corrected chi connectivity index (χ0v) is 12.6. The molecule has 0 heteroatoms. The van der Waals surface area contributed by atoms with Crippen LogP contribution in [0, 0.1) is 19.8 Å². The topological polar surface area (TPSA) is 0 Å². The Morgan fingerprint density at radius 2 is 1.67 bits per heavy atom. The Kier molecular flexibility index (Phi) is 4.48. The molecule has 0 amide bonds. The molecule has 0 nitrogen and oxygen atoms in total. The van der Waals surface area contributed by atoms with E-state index in [9.17, 15) is 0 Å². The molecule has 0 aliphatic heterocycles. The van der Waals surface area contributed by atoms with Crippen LogP contribution in [0.5, 0.6) is 0 Å². The highest BCUT2D eigenvalue weighted by molar-refractivity contribution is 5.39. The van der Waals surface area contributed by atoms with Crippen molar-refractivity contribution in [3.8, 4) is 0 Å². The van der Waals surface area contributed by atoms with E-state index in [1.54, 1.807) is 11.1 Å². The number of hydrogen-bond donors (Lipinski definition) is 0. The molecule has 0 aromatic heterocycles. The molecule has 1 fully saturated rings. The largest absolute Gasteiger partial charge is 0.0625 e. The molecule has 1 aliphatic carbocycles. The molecule has 0 radical (unpaired) electrons. The van der Waals surface area contributed by atoms with E-state index in [2.05, 4.69) is 39.8 Å². The zero-order chi connectivity index (χ0) is 13.1. The third kappa shape index (κ3) is 3.16. The summed E-state index contributed by atoms with van der Waals surface area (Å²) < 4.78 is 0. The van der Waals surface area contributed by atoms with E-state index in [-0.39, 0.29) is 0 Å². The van der Waals surface area contributed by atoms with Gasteiger partial charge >= 0.3 is 0 Å². The lowest BCUT2D eigenvalue weighted by molar-refractivity contribution is 0.442. The monoisotopic (exact) mass is 244 g/mol. The van der Waals surface area contributed by atoms with Crippen LogP contribution in [0.2, 0.25) is 0 Å². The molecule has 1 aliphatic rings. The van der Waals surface area contributed by atoms with E-state index >= 15 is 0 Å². The smallest absolute Gasteiger partial charge is 0.0159 e. The van der Waals surface area contributed by atoms with Gasteiger partial charge in [-0.25, -0.2) is 0 Å². The minimum Gasteiger partial charge on any atom is -0.0625 e. The molecule has 100 valence electrons. The van der Waals surface area contributed by atoms with E-state index in [1.165, 1.54) is 49.7 Å². The summed E-state index contributed by atoms with van der Waals surface area (Å²) in [5.41, 5.74) is 6.24. The van der Waals surface area contributed by atoms with Gasteiger partial charge in [0.2, 0.25) is 0 Å². The van der Waals surface area contributed by atoms with E-state index < -0.39 is 0 Å². The maximum atomic E-state index is 2.53. The summed E-state index contributed by atoms with van der Waals surface area (Å²) in [4.78, 5) is 0. The Morgan fingerprint density at radius 1 is 1.00 bits per heavy atom. The summed E-state index contributed by atoms with van der Waals surface area (Å²) in [6.45, 7) is 9.21. The molecule has 1 aromatic rings. The van der Waals surface area contributed by atoms with Gasteiger partial charge in [-0.15, -0.1) is 0 Å². The summed E-state index contributed by atoms with van der Waals surface area (Å²) in [6, 6.07) is 4.95. The predicted molar refractivity (Wildman–Crippen MR) is 80.3 cm³/mol. The number of rotatable bonds is 3. The summed E-state index contributed by atoms with van der Waals surface area (Å²) in [5.74, 6) is 1.59. The first kappa shape index (κ1) is 13.6. The van der Waals surface area contributed by atoms with E-state index in [0.717, 1.165) is 11.8 Å². The Hall–Kier alpha value is -0.780. The van der Waals surface area contributed by atoms with Crippen molar-refractivity contribution >= 4 is 0 Å². The predicted octanol–water partition coefficient (Wildman–Crippen LogP) is 5.55. The average Bonchev–Trinajstić information content (AvgIpc) is 2.33. The second-order valence-corrected chi connectivity index (χ2v) is 6.57. The SMILES string of the molecule is Cc1cc(C)c(C2CCCCC2)cc1CC(C)C. The highest BCUT2D eigenvalue weighted by Crippen LogP contribution is 2.35. The number of hydrogen-bond acceptors (Lipinski definition) is 0. The van der Waals surface area contributed by atoms with Gasteiger partial charge in [-0.05, 0) is 67.2 Å². The van der Waals surface area contributed by atoms with E-state index in [4.69, 9.17) is 0 Å². The van der Waals surface area contributed by atoms with E-state index in [0.29, 0.717) is 0 Å². The van der Waals surface area contributed by atoms with Gasteiger partial charge in [-0.1, -0.05) is 45.2 Å². The zero-order valence-electron chi connectivity index (χ0n) is 12.6. The molecule has 1 aromatic carbocycles. The van der Waals surface area contributed by atoms with E-state index in [1.807, 2.05) is 0 Å². The van der Waals surface area contributed by atoms with Crippen LogP contribution in [0.1, 0.15) is 74.1 Å². The molecule has 0 atom stereocenters. The maximum Gasteiger partial charge on any atom is -0.0159 e. The van der Waals surface area contributed by atoms with Gasteiger partial charge in [0.25, 0.3) is 0 Å². The quantitative estimate of drug-likeness (QED) is 0.654. The normalized spacial score (nSPS) is 17.4. The summed E-state index contributed by atoms with van der Waals surface area (Å²) in [6.07, 6.45) is 8.34. The maximum absolute atomic E-state index is 2.53. The summed E-state index contributed by atoms with van der Waals surface area (Å²) >= 11 is 0. The van der Waals surface area contributed by atoms with Crippen LogP contribution < -0.4 is 0 Å². The first-order valence-electron chi connectivity index (χ1n) is 7.68. The molecule has 0 spiro atoms. The molecule has 0 unspecified atom stereocenters. The van der Waals surface area contributed by atoms with Gasteiger partial charge in [-0.3, -0.25) is 0 Å². The molecule has 18 heavy (non-hydrogen) atoms.